The molecule has 2 aliphatic rings. The zero-order valence-electron chi connectivity index (χ0n) is 15.7. The van der Waals surface area contributed by atoms with E-state index in [0.29, 0.717) is 39.0 Å². The Hall–Kier alpha value is -1.28. The summed E-state index contributed by atoms with van der Waals surface area (Å²) in [5.74, 6) is -2.53. The van der Waals surface area contributed by atoms with Crippen molar-refractivity contribution in [1.82, 2.24) is 9.80 Å². The standard InChI is InChI=1S/C20H26F6N2/c21-19(22,23)17-3-1-9-27(13-17)11-15-5-7-16(8-6-15)12-28-10-2-4-18(14-28)20(24,25)26/h5-8,17-18H,1-4,9-14H2/t17-,18+. The minimum absolute atomic E-state index is 0.0257. The highest BCUT2D eigenvalue weighted by Gasteiger charge is 2.42. The fourth-order valence-electron chi connectivity index (χ4n) is 4.20. The molecule has 0 radical (unpaired) electrons. The fraction of sp³-hybridized carbons (Fsp3) is 0.700. The minimum atomic E-state index is -4.15. The quantitative estimate of drug-likeness (QED) is 0.629. The Balaban J connectivity index is 1.52. The zero-order chi connectivity index (χ0) is 20.4. The van der Waals surface area contributed by atoms with Crippen molar-refractivity contribution in [3.05, 3.63) is 35.4 Å². The third-order valence-electron chi connectivity index (χ3n) is 5.77. The number of likely N-dealkylation sites (tertiary alicyclic amines) is 2. The zero-order valence-corrected chi connectivity index (χ0v) is 15.7. The molecule has 158 valence electrons. The molecule has 0 spiro atoms. The van der Waals surface area contributed by atoms with Crippen molar-refractivity contribution >= 4 is 0 Å². The van der Waals surface area contributed by atoms with Crippen LogP contribution in [0.3, 0.4) is 0 Å². The Labute approximate surface area is 161 Å². The first-order chi connectivity index (χ1) is 13.1. The second-order valence-electron chi connectivity index (χ2n) is 8.05. The monoisotopic (exact) mass is 408 g/mol. The molecule has 3 rings (SSSR count). The number of benzene rings is 1. The molecule has 0 aromatic heterocycles. The van der Waals surface area contributed by atoms with Crippen molar-refractivity contribution in [1.29, 1.82) is 0 Å². The summed E-state index contributed by atoms with van der Waals surface area (Å²) >= 11 is 0. The Morgan fingerprint density at radius 1 is 0.679 bits per heavy atom. The van der Waals surface area contributed by atoms with Crippen LogP contribution in [0.5, 0.6) is 0 Å². The summed E-state index contributed by atoms with van der Waals surface area (Å²) in [7, 11) is 0. The van der Waals surface area contributed by atoms with Crippen LogP contribution in [0, 0.1) is 11.8 Å². The van der Waals surface area contributed by atoms with Gasteiger partial charge >= 0.3 is 12.4 Å². The van der Waals surface area contributed by atoms with Crippen LogP contribution in [0.25, 0.3) is 0 Å². The molecule has 2 nitrogen and oxygen atoms in total. The molecule has 2 aliphatic heterocycles. The van der Waals surface area contributed by atoms with Crippen molar-refractivity contribution in [3.8, 4) is 0 Å². The molecule has 0 N–H and O–H groups in total. The van der Waals surface area contributed by atoms with Gasteiger partial charge in [-0.2, -0.15) is 26.3 Å². The van der Waals surface area contributed by atoms with Gasteiger partial charge in [-0.3, -0.25) is 9.80 Å². The molecule has 1 aromatic carbocycles. The van der Waals surface area contributed by atoms with Gasteiger partial charge in [-0.05, 0) is 49.9 Å². The number of rotatable bonds is 4. The van der Waals surface area contributed by atoms with Crippen LogP contribution in [0.4, 0.5) is 26.3 Å². The van der Waals surface area contributed by atoms with Gasteiger partial charge < -0.3 is 0 Å². The number of nitrogens with zero attached hydrogens (tertiary/aromatic N) is 2. The summed E-state index contributed by atoms with van der Waals surface area (Å²) in [4.78, 5) is 3.66. The Kier molecular flexibility index (Phi) is 6.59. The number of hydrogen-bond acceptors (Lipinski definition) is 2. The van der Waals surface area contributed by atoms with Crippen molar-refractivity contribution in [2.24, 2.45) is 11.8 Å². The summed E-state index contributed by atoms with van der Waals surface area (Å²) in [6, 6.07) is 7.49. The molecule has 0 amide bonds. The van der Waals surface area contributed by atoms with Crippen molar-refractivity contribution < 1.29 is 26.3 Å². The minimum Gasteiger partial charge on any atom is -0.298 e. The first kappa shape index (κ1) is 21.4. The van der Waals surface area contributed by atoms with Gasteiger partial charge in [0.05, 0.1) is 11.8 Å². The van der Waals surface area contributed by atoms with Gasteiger partial charge in [-0.25, -0.2) is 0 Å². The van der Waals surface area contributed by atoms with Gasteiger partial charge in [0, 0.05) is 26.2 Å². The van der Waals surface area contributed by atoms with Gasteiger partial charge in [0.2, 0.25) is 0 Å². The first-order valence-corrected chi connectivity index (χ1v) is 9.77. The molecule has 2 saturated heterocycles. The van der Waals surface area contributed by atoms with Gasteiger partial charge in [0.25, 0.3) is 0 Å². The molecule has 2 fully saturated rings. The molecular weight excluding hydrogens is 382 g/mol. The lowest BCUT2D eigenvalue weighted by Crippen LogP contribution is -2.41. The van der Waals surface area contributed by atoms with E-state index in [2.05, 4.69) is 0 Å². The van der Waals surface area contributed by atoms with E-state index in [0.717, 1.165) is 11.1 Å². The third kappa shape index (κ3) is 5.86. The summed E-state index contributed by atoms with van der Waals surface area (Å²) in [6.45, 7) is 2.29. The summed E-state index contributed by atoms with van der Waals surface area (Å²) < 4.78 is 77.6. The molecule has 2 heterocycles. The maximum Gasteiger partial charge on any atom is 0.393 e. The Bertz CT molecular complexity index is 570. The van der Waals surface area contributed by atoms with Crippen LogP contribution in [0.15, 0.2) is 24.3 Å². The van der Waals surface area contributed by atoms with Crippen molar-refractivity contribution in [2.45, 2.75) is 51.1 Å². The summed E-state index contributed by atoms with van der Waals surface area (Å²) in [6.07, 6.45) is -6.84. The Morgan fingerprint density at radius 3 is 1.36 bits per heavy atom. The van der Waals surface area contributed by atoms with Gasteiger partial charge in [-0.1, -0.05) is 24.3 Å². The lowest BCUT2D eigenvalue weighted by molar-refractivity contribution is -0.187. The molecule has 0 saturated carbocycles. The second kappa shape index (κ2) is 8.61. The molecular formula is C20H26F6N2. The average molecular weight is 408 g/mol. The van der Waals surface area contributed by atoms with E-state index < -0.39 is 24.2 Å². The highest BCUT2D eigenvalue weighted by Crippen LogP contribution is 2.34. The van der Waals surface area contributed by atoms with Crippen LogP contribution in [-0.2, 0) is 13.1 Å². The highest BCUT2D eigenvalue weighted by molar-refractivity contribution is 5.22. The van der Waals surface area contributed by atoms with Crippen LogP contribution in [-0.4, -0.2) is 48.3 Å². The highest BCUT2D eigenvalue weighted by atomic mass is 19.4. The van der Waals surface area contributed by atoms with E-state index >= 15 is 0 Å². The smallest absolute Gasteiger partial charge is 0.298 e. The van der Waals surface area contributed by atoms with Crippen molar-refractivity contribution in [2.75, 3.05) is 26.2 Å². The van der Waals surface area contributed by atoms with Crippen LogP contribution < -0.4 is 0 Å². The fourth-order valence-corrected chi connectivity index (χ4v) is 4.20. The van der Waals surface area contributed by atoms with Crippen LogP contribution >= 0.6 is 0 Å². The topological polar surface area (TPSA) is 6.48 Å². The van der Waals surface area contributed by atoms with E-state index in [-0.39, 0.29) is 25.9 Å². The largest absolute Gasteiger partial charge is 0.393 e. The molecule has 0 bridgehead atoms. The average Bonchev–Trinajstić information content (AvgIpc) is 2.62. The van der Waals surface area contributed by atoms with Crippen LogP contribution in [0.1, 0.15) is 36.8 Å². The molecule has 0 unspecified atom stereocenters. The predicted molar refractivity (Wildman–Crippen MR) is 94.6 cm³/mol. The SMILES string of the molecule is FC(F)(F)[C@@H]1CCCN(Cc2ccc(CN3CCC[C@H](C(F)(F)F)C3)cc2)C1. The molecule has 0 aliphatic carbocycles. The van der Waals surface area contributed by atoms with Gasteiger partial charge in [0.15, 0.2) is 0 Å². The summed E-state index contributed by atoms with van der Waals surface area (Å²) in [5, 5.41) is 0. The molecule has 1 aromatic rings. The molecule has 8 heteroatoms. The normalized spacial score (nSPS) is 25.8. The number of hydrogen-bond donors (Lipinski definition) is 0. The third-order valence-corrected chi connectivity index (χ3v) is 5.77. The lowest BCUT2D eigenvalue weighted by Gasteiger charge is -2.34. The van der Waals surface area contributed by atoms with E-state index in [1.165, 1.54) is 0 Å². The lowest BCUT2D eigenvalue weighted by atomic mass is 9.96. The Morgan fingerprint density at radius 2 is 1.04 bits per heavy atom. The van der Waals surface area contributed by atoms with E-state index in [9.17, 15) is 26.3 Å². The van der Waals surface area contributed by atoms with Crippen LogP contribution in [0.2, 0.25) is 0 Å². The van der Waals surface area contributed by atoms with E-state index in [1.807, 2.05) is 34.1 Å². The maximum absolute atomic E-state index is 12.9. The van der Waals surface area contributed by atoms with Crippen molar-refractivity contribution in [3.63, 3.8) is 0 Å². The predicted octanol–water partition coefficient (Wildman–Crippen LogP) is 5.24. The van der Waals surface area contributed by atoms with E-state index in [4.69, 9.17) is 0 Å². The van der Waals surface area contributed by atoms with E-state index in [1.54, 1.807) is 0 Å². The number of piperidine rings is 2. The second-order valence-corrected chi connectivity index (χ2v) is 8.05. The summed E-state index contributed by atoms with van der Waals surface area (Å²) in [5.41, 5.74) is 1.86. The molecule has 2 atom stereocenters. The number of halogens is 6. The van der Waals surface area contributed by atoms with Gasteiger partial charge in [0.1, 0.15) is 0 Å². The maximum atomic E-state index is 12.9. The molecule has 28 heavy (non-hydrogen) atoms. The number of alkyl halides is 6. The first-order valence-electron chi connectivity index (χ1n) is 9.77. The van der Waals surface area contributed by atoms with Gasteiger partial charge in [-0.15, -0.1) is 0 Å².